The molecule has 0 radical (unpaired) electrons. The van der Waals surface area contributed by atoms with Gasteiger partial charge in [0, 0.05) is 75.3 Å². The van der Waals surface area contributed by atoms with Crippen LogP contribution in [0.5, 0.6) is 23.0 Å². The molecule has 0 spiro atoms. The van der Waals surface area contributed by atoms with Crippen LogP contribution in [0.2, 0.25) is 0 Å². The first-order chi connectivity index (χ1) is 41.6. The van der Waals surface area contributed by atoms with E-state index in [9.17, 15) is 0 Å². The van der Waals surface area contributed by atoms with Crippen LogP contribution in [0.4, 0.5) is 0 Å². The normalized spacial score (nSPS) is 18.3. The highest BCUT2D eigenvalue weighted by Crippen LogP contribution is 2.26. The number of para-hydroxylation sites is 4. The summed E-state index contributed by atoms with van der Waals surface area (Å²) in [5, 5.41) is 6.50. The molecule has 86 heavy (non-hydrogen) atoms. The van der Waals surface area contributed by atoms with Crippen molar-refractivity contribution in [2.45, 2.75) is 106 Å². The summed E-state index contributed by atoms with van der Waals surface area (Å²) in [5.41, 5.74) is 15.0. The van der Waals surface area contributed by atoms with E-state index < -0.39 is 0 Å². The first kappa shape index (κ1) is 76.3. The molecule has 2 fully saturated rings. The van der Waals surface area contributed by atoms with E-state index in [0.717, 1.165) is 97.6 Å². The predicted molar refractivity (Wildman–Crippen MR) is 352 cm³/mol. The van der Waals surface area contributed by atoms with Crippen LogP contribution >= 0.6 is 15.9 Å². The monoisotopic (exact) mass is 1270 g/mol. The molecule has 0 aliphatic carbocycles. The number of nitrogens with one attached hydrogen (secondary N) is 2. The molecule has 0 saturated carbocycles. The fourth-order valence-corrected chi connectivity index (χ4v) is 9.22. The number of alkyl halides is 1. The minimum absolute atomic E-state index is 0.0824. The summed E-state index contributed by atoms with van der Waals surface area (Å²) in [6, 6.07) is 25.3. The fraction of sp³-hybridized carbons (Fsp3) is 0.647. The number of ether oxygens (including phenoxy) is 12. The lowest BCUT2D eigenvalue weighted by Crippen LogP contribution is -2.42. The van der Waals surface area contributed by atoms with Gasteiger partial charge in [-0.3, -0.25) is 9.80 Å². The molecule has 2 heterocycles. The van der Waals surface area contributed by atoms with Crippen molar-refractivity contribution in [2.75, 3.05) is 184 Å². The highest BCUT2D eigenvalue weighted by atomic mass is 79.9. The molecule has 17 nitrogen and oxygen atoms in total. The van der Waals surface area contributed by atoms with Gasteiger partial charge in [0.05, 0.1) is 106 Å². The fourth-order valence-electron chi connectivity index (χ4n) is 9.09. The molecular weight excluding hydrogens is 1160 g/mol. The van der Waals surface area contributed by atoms with Crippen LogP contribution in [0.15, 0.2) is 72.8 Å². The Bertz CT molecular complexity index is 2020. The van der Waals surface area contributed by atoms with Crippen LogP contribution in [0.1, 0.15) is 72.2 Å². The Labute approximate surface area is 527 Å². The molecule has 18 heteroatoms. The molecular formula is C68H112BrN5O12. The highest BCUT2D eigenvalue weighted by molar-refractivity contribution is 9.09. The van der Waals surface area contributed by atoms with E-state index in [4.69, 9.17) is 62.6 Å². The molecule has 2 aliphatic heterocycles. The van der Waals surface area contributed by atoms with Gasteiger partial charge in [-0.05, 0) is 128 Å². The lowest BCUT2D eigenvalue weighted by Gasteiger charge is -2.30. The molecule has 4 atom stereocenters. The summed E-state index contributed by atoms with van der Waals surface area (Å²) in [6.07, 6.45) is 0. The zero-order valence-electron chi connectivity index (χ0n) is 54.8. The van der Waals surface area contributed by atoms with Gasteiger partial charge in [-0.25, -0.2) is 0 Å². The summed E-state index contributed by atoms with van der Waals surface area (Å²) < 4.78 is 69.2. The van der Waals surface area contributed by atoms with Crippen molar-refractivity contribution in [1.29, 1.82) is 0 Å². The highest BCUT2D eigenvalue weighted by Gasteiger charge is 2.18. The second-order valence-corrected chi connectivity index (χ2v) is 23.6. The van der Waals surface area contributed by atoms with Crippen LogP contribution in [0.25, 0.3) is 0 Å². The smallest absolute Gasteiger partial charge is 0.125 e. The minimum Gasteiger partial charge on any atom is -0.492 e. The molecule has 488 valence electrons. The number of nitrogens with two attached hydrogens (primary N) is 1. The molecule has 4 N–H and O–H groups in total. The van der Waals surface area contributed by atoms with E-state index in [1.807, 2.05) is 39.0 Å². The third-order valence-corrected chi connectivity index (χ3v) is 14.3. The van der Waals surface area contributed by atoms with Crippen molar-refractivity contribution in [1.82, 2.24) is 20.4 Å². The molecule has 6 rings (SSSR count). The summed E-state index contributed by atoms with van der Waals surface area (Å²) in [6.45, 7) is 44.5. The summed E-state index contributed by atoms with van der Waals surface area (Å²) >= 11 is 3.46. The first-order valence-electron chi connectivity index (χ1n) is 31.3. The number of benzene rings is 4. The zero-order valence-corrected chi connectivity index (χ0v) is 56.4. The number of hydrogen-bond acceptors (Lipinski definition) is 17. The molecule has 0 amide bonds. The van der Waals surface area contributed by atoms with E-state index in [2.05, 4.69) is 153 Å². The SMILES string of the molecule is C1COCCOCCNCCOCCOCCN1.Cc1cccc(C)c1OCC(C)Br.Cc1cccc(C)c1OCC(C)N1CCOCCOCCN(C(C)COc2c(C)cccc2C)CCOCCOCC1.Cc1cccc(C)c1OC[C@@H](C)N. The van der Waals surface area contributed by atoms with Crippen molar-refractivity contribution in [3.05, 3.63) is 117 Å². The van der Waals surface area contributed by atoms with Gasteiger partial charge in [0.25, 0.3) is 0 Å². The van der Waals surface area contributed by atoms with Gasteiger partial charge in [-0.15, -0.1) is 0 Å². The molecule has 2 aliphatic rings. The average Bonchev–Trinajstić information content (AvgIpc) is 3.69. The van der Waals surface area contributed by atoms with Crippen molar-refractivity contribution in [3.8, 4) is 23.0 Å². The second-order valence-electron chi connectivity index (χ2n) is 22.1. The molecule has 0 bridgehead atoms. The Kier molecular flexibility index (Phi) is 42.5. The van der Waals surface area contributed by atoms with E-state index in [-0.39, 0.29) is 18.1 Å². The van der Waals surface area contributed by atoms with Crippen LogP contribution in [0, 0.1) is 55.4 Å². The summed E-state index contributed by atoms with van der Waals surface area (Å²) in [5.74, 6) is 3.96. The van der Waals surface area contributed by atoms with Gasteiger partial charge >= 0.3 is 0 Å². The minimum atomic E-state index is 0.0824. The molecule has 3 unspecified atom stereocenters. The Morgan fingerprint density at radius 3 is 0.814 bits per heavy atom. The van der Waals surface area contributed by atoms with Gasteiger partial charge in [-0.2, -0.15) is 0 Å². The van der Waals surface area contributed by atoms with Crippen molar-refractivity contribution < 1.29 is 56.8 Å². The van der Waals surface area contributed by atoms with Crippen molar-refractivity contribution in [2.24, 2.45) is 5.73 Å². The molecule has 0 aromatic heterocycles. The van der Waals surface area contributed by atoms with E-state index in [0.29, 0.717) is 137 Å². The second kappa shape index (κ2) is 48.0. The van der Waals surface area contributed by atoms with Gasteiger partial charge < -0.3 is 73.2 Å². The third kappa shape index (κ3) is 34.7. The average molecular weight is 1270 g/mol. The zero-order chi connectivity index (χ0) is 62.6. The largest absolute Gasteiger partial charge is 0.492 e. The molecule has 4 aromatic rings. The lowest BCUT2D eigenvalue weighted by molar-refractivity contribution is -0.00543. The topological polar surface area (TPSA) is 167 Å². The molecule has 2 saturated heterocycles. The quantitative estimate of drug-likeness (QED) is 0.102. The number of rotatable bonds is 14. The van der Waals surface area contributed by atoms with E-state index in [1.165, 1.54) is 22.3 Å². The number of nitrogens with zero attached hydrogens (tertiary/aromatic N) is 2. The van der Waals surface area contributed by atoms with Crippen molar-refractivity contribution >= 4 is 15.9 Å². The van der Waals surface area contributed by atoms with Crippen molar-refractivity contribution in [3.63, 3.8) is 0 Å². The van der Waals surface area contributed by atoms with Crippen LogP contribution < -0.4 is 35.3 Å². The van der Waals surface area contributed by atoms with Gasteiger partial charge in [-0.1, -0.05) is 88.7 Å². The van der Waals surface area contributed by atoms with Crippen LogP contribution in [-0.2, 0) is 37.9 Å². The van der Waals surface area contributed by atoms with Gasteiger partial charge in [0.1, 0.15) is 49.4 Å². The van der Waals surface area contributed by atoms with Gasteiger partial charge in [0.2, 0.25) is 0 Å². The number of hydrogen-bond donors (Lipinski definition) is 3. The standard InChI is InChI=1S/C34H54N2O6.C12H26N2O4.C11H15BrO.C11H17NO/c1-27-9-7-10-28(2)33(27)41-25-31(5)35-13-17-37-21-23-39-19-15-36(16-20-40-24-22-38-18-14-35)32(6)26-42-34-29(3)11-8-12-30(34)4;1-5-15-9-10-17-7-3-14-4-8-18-12-11-16-6-2-13-1;2*1-8-5-4-6-9(2)11(8)13-7-10(3)12/h7-12,31-32H,13-26H2,1-6H3;13-14H,1-12H2;4-6,10H,7H2,1-3H3;4-6,10H,7,12H2,1-3H3/t;;;10-/m...1/s1. The maximum atomic E-state index is 6.25. The Morgan fingerprint density at radius 1 is 0.360 bits per heavy atom. The maximum absolute atomic E-state index is 6.25. The first-order valence-corrected chi connectivity index (χ1v) is 32.2. The summed E-state index contributed by atoms with van der Waals surface area (Å²) in [7, 11) is 0. The third-order valence-electron chi connectivity index (χ3n) is 14.0. The predicted octanol–water partition coefficient (Wildman–Crippen LogP) is 9.58. The van der Waals surface area contributed by atoms with E-state index >= 15 is 0 Å². The Morgan fingerprint density at radius 2 is 0.581 bits per heavy atom. The molecule has 4 aromatic carbocycles. The van der Waals surface area contributed by atoms with Crippen LogP contribution in [0.3, 0.4) is 0 Å². The number of aryl methyl sites for hydroxylation is 8. The van der Waals surface area contributed by atoms with E-state index in [1.54, 1.807) is 0 Å². The Hall–Kier alpha value is -3.96. The Balaban J connectivity index is 0.000000357. The van der Waals surface area contributed by atoms with Gasteiger partial charge in [0.15, 0.2) is 0 Å². The maximum Gasteiger partial charge on any atom is 0.125 e. The number of halogens is 1. The lowest BCUT2D eigenvalue weighted by atomic mass is 10.1. The van der Waals surface area contributed by atoms with Crippen LogP contribution in [-0.4, -0.2) is 217 Å². The summed E-state index contributed by atoms with van der Waals surface area (Å²) in [4.78, 5) is 5.14.